The number of alkyl halides is 3. The molecule has 2 N–H and O–H groups in total. The van der Waals surface area contributed by atoms with Gasteiger partial charge in [0, 0.05) is 63.0 Å². The third-order valence-electron chi connectivity index (χ3n) is 10.0. The Morgan fingerprint density at radius 2 is 1.90 bits per heavy atom. The van der Waals surface area contributed by atoms with Gasteiger partial charge in [-0.3, -0.25) is 19.9 Å². The molecule has 260 valence electrons. The zero-order valence-corrected chi connectivity index (χ0v) is 27.7. The van der Waals surface area contributed by atoms with Crippen molar-refractivity contribution in [2.24, 2.45) is 11.3 Å². The van der Waals surface area contributed by atoms with Crippen LogP contribution in [-0.4, -0.2) is 75.8 Å². The third kappa shape index (κ3) is 6.59. The van der Waals surface area contributed by atoms with E-state index in [4.69, 9.17) is 9.47 Å². The largest absolute Gasteiger partial charge is 0.469 e. The van der Waals surface area contributed by atoms with Crippen molar-refractivity contribution in [3.8, 4) is 11.3 Å². The summed E-state index contributed by atoms with van der Waals surface area (Å²) < 4.78 is 54.9. The number of methoxy groups -OCH3 is 2. The first-order valence-corrected chi connectivity index (χ1v) is 16.6. The molecule has 3 aliphatic rings. The van der Waals surface area contributed by atoms with Gasteiger partial charge in [-0.2, -0.15) is 18.2 Å². The summed E-state index contributed by atoms with van der Waals surface area (Å²) in [6.45, 7) is 1.75. The highest BCUT2D eigenvalue weighted by Crippen LogP contribution is 2.46. The average molecular weight is 681 g/mol. The molecular weight excluding hydrogens is 641 g/mol. The molecule has 4 aromatic rings. The number of esters is 1. The van der Waals surface area contributed by atoms with Gasteiger partial charge in [0.25, 0.3) is 5.91 Å². The number of aromatic nitrogens is 6. The van der Waals surface area contributed by atoms with E-state index in [1.54, 1.807) is 19.4 Å². The van der Waals surface area contributed by atoms with Crippen LogP contribution >= 0.6 is 0 Å². The molecule has 0 radical (unpaired) electrons. The molecule has 2 aliphatic carbocycles. The van der Waals surface area contributed by atoms with Gasteiger partial charge in [0.2, 0.25) is 5.95 Å². The number of fused-ring (bicyclic) bond motifs is 2. The van der Waals surface area contributed by atoms with Crippen molar-refractivity contribution in [3.63, 3.8) is 0 Å². The number of imidazole rings is 2. The van der Waals surface area contributed by atoms with Crippen LogP contribution in [0.1, 0.15) is 78.4 Å². The Morgan fingerprint density at radius 3 is 2.59 bits per heavy atom. The fourth-order valence-corrected chi connectivity index (χ4v) is 7.45. The van der Waals surface area contributed by atoms with E-state index in [9.17, 15) is 22.8 Å². The Kier molecular flexibility index (Phi) is 8.57. The number of anilines is 2. The molecule has 12 nitrogen and oxygen atoms in total. The lowest BCUT2D eigenvalue weighted by Crippen LogP contribution is -2.37. The Morgan fingerprint density at radius 1 is 1.12 bits per heavy atom. The highest BCUT2D eigenvalue weighted by Gasteiger charge is 2.40. The maximum Gasteiger partial charge on any atom is 0.418 e. The molecule has 2 fully saturated rings. The molecule has 4 aromatic heterocycles. The molecule has 0 spiro atoms. The molecule has 0 saturated heterocycles. The number of rotatable bonds is 10. The number of nitrogens with one attached hydrogen (secondary N) is 2. The predicted octanol–water partition coefficient (Wildman–Crippen LogP) is 5.74. The van der Waals surface area contributed by atoms with Crippen LogP contribution in [-0.2, 0) is 33.4 Å². The van der Waals surface area contributed by atoms with Gasteiger partial charge in [-0.05, 0) is 44.2 Å². The van der Waals surface area contributed by atoms with Crippen molar-refractivity contribution in [2.45, 2.75) is 70.0 Å². The number of halogens is 3. The monoisotopic (exact) mass is 680 g/mol. The summed E-state index contributed by atoms with van der Waals surface area (Å²) >= 11 is 0. The molecule has 49 heavy (non-hydrogen) atoms. The van der Waals surface area contributed by atoms with Crippen molar-refractivity contribution in [1.82, 2.24) is 29.5 Å². The van der Waals surface area contributed by atoms with Crippen molar-refractivity contribution < 1.29 is 32.2 Å². The third-order valence-corrected chi connectivity index (χ3v) is 10.0. The first kappa shape index (κ1) is 33.0. The molecule has 0 aromatic carbocycles. The van der Waals surface area contributed by atoms with Gasteiger partial charge in [0.15, 0.2) is 5.65 Å². The van der Waals surface area contributed by atoms with Crippen LogP contribution in [0.15, 0.2) is 24.5 Å². The number of ether oxygens (including phenoxy) is 2. The minimum Gasteiger partial charge on any atom is -0.469 e. The van der Waals surface area contributed by atoms with E-state index in [0.717, 1.165) is 31.7 Å². The van der Waals surface area contributed by atoms with E-state index in [2.05, 4.69) is 35.1 Å². The highest BCUT2D eigenvalue weighted by molar-refractivity contribution is 6.03. The lowest BCUT2D eigenvalue weighted by Gasteiger charge is -2.34. The molecule has 1 atom stereocenters. The summed E-state index contributed by atoms with van der Waals surface area (Å²) in [5.74, 6) is -0.586. The molecule has 0 bridgehead atoms. The topological polar surface area (TPSA) is 140 Å². The summed E-state index contributed by atoms with van der Waals surface area (Å²) in [7, 11) is 4.97. The van der Waals surface area contributed by atoms with Gasteiger partial charge in [-0.25, -0.2) is 9.97 Å². The van der Waals surface area contributed by atoms with Gasteiger partial charge < -0.3 is 23.9 Å². The van der Waals surface area contributed by atoms with E-state index < -0.39 is 17.6 Å². The van der Waals surface area contributed by atoms with Gasteiger partial charge >= 0.3 is 12.1 Å². The average Bonchev–Trinajstić information content (AvgIpc) is 3.45. The molecule has 1 amide bonds. The molecule has 5 heterocycles. The first-order chi connectivity index (χ1) is 23.5. The van der Waals surface area contributed by atoms with Crippen LogP contribution in [0.3, 0.4) is 0 Å². The Balaban J connectivity index is 1.23. The number of hydrogen-bond donors (Lipinski definition) is 2. The van der Waals surface area contributed by atoms with Crippen LogP contribution in [0.4, 0.5) is 24.8 Å². The summed E-state index contributed by atoms with van der Waals surface area (Å²) in [6, 6.07) is 2.87. The maximum atomic E-state index is 14.2. The number of hydrogen-bond acceptors (Lipinski definition) is 9. The number of nitrogens with zero attached hydrogens (tertiary/aromatic N) is 6. The molecular formula is C34H39F3N8O4. The number of aryl methyl sites for hydroxylation is 1. The van der Waals surface area contributed by atoms with Crippen molar-refractivity contribution in [3.05, 3.63) is 47.3 Å². The van der Waals surface area contributed by atoms with Gasteiger partial charge in [-0.1, -0.05) is 12.8 Å². The van der Waals surface area contributed by atoms with E-state index in [-0.39, 0.29) is 57.5 Å². The standard InChI is InChI=1S/C34H39F3N8O4/c1-44(17-33(18-48-2)9-4-5-10-33)25-14-23(21-12-22(34(35,36)37)27(38-15-21)19-6-7-19)40-29-28(25)41-32(42-29)43-30(46)24-16-45-11-8-20(31(47)49-3)13-26(45)39-24/h12,14-16,19-20H,4-11,13,17-18H2,1-3H3,(H2,40,41,42,43,46). The minimum absolute atomic E-state index is 0.0731. The van der Waals surface area contributed by atoms with Crippen molar-refractivity contribution in [2.75, 3.05) is 44.6 Å². The lowest BCUT2D eigenvalue weighted by atomic mass is 9.86. The summed E-state index contributed by atoms with van der Waals surface area (Å²) in [5, 5.41) is 2.77. The molecule has 15 heteroatoms. The van der Waals surface area contributed by atoms with E-state index in [0.29, 0.717) is 62.4 Å². The van der Waals surface area contributed by atoms with Gasteiger partial charge in [0.1, 0.15) is 17.0 Å². The van der Waals surface area contributed by atoms with Crippen LogP contribution in [0, 0.1) is 11.3 Å². The predicted molar refractivity (Wildman–Crippen MR) is 174 cm³/mol. The molecule has 2 saturated carbocycles. The fraction of sp³-hybridized carbons (Fsp3) is 0.529. The number of carbonyl (C=O) groups excluding carboxylic acids is 2. The minimum atomic E-state index is -4.56. The van der Waals surface area contributed by atoms with Crippen LogP contribution in [0.2, 0.25) is 0 Å². The zero-order chi connectivity index (χ0) is 34.5. The van der Waals surface area contributed by atoms with Crippen LogP contribution in [0.25, 0.3) is 22.4 Å². The summed E-state index contributed by atoms with van der Waals surface area (Å²) in [4.78, 5) is 48.6. The number of amides is 1. The summed E-state index contributed by atoms with van der Waals surface area (Å²) in [5.41, 5.74) is 1.34. The second-order valence-electron chi connectivity index (χ2n) is 13.6. The second kappa shape index (κ2) is 12.7. The van der Waals surface area contributed by atoms with E-state index in [1.807, 2.05) is 11.6 Å². The normalized spacial score (nSPS) is 18.8. The Bertz CT molecular complexity index is 1890. The summed E-state index contributed by atoms with van der Waals surface area (Å²) in [6.07, 6.45) is 5.03. The van der Waals surface area contributed by atoms with Crippen LogP contribution in [0.5, 0.6) is 0 Å². The smallest absolute Gasteiger partial charge is 0.418 e. The lowest BCUT2D eigenvalue weighted by molar-refractivity contribution is -0.146. The first-order valence-electron chi connectivity index (χ1n) is 16.6. The Labute approximate surface area is 280 Å². The Hall–Kier alpha value is -4.53. The quantitative estimate of drug-likeness (QED) is 0.201. The molecule has 1 unspecified atom stereocenters. The molecule has 7 rings (SSSR count). The van der Waals surface area contributed by atoms with Crippen molar-refractivity contribution in [1.29, 1.82) is 0 Å². The van der Waals surface area contributed by atoms with Gasteiger partial charge in [-0.15, -0.1) is 0 Å². The van der Waals surface area contributed by atoms with E-state index >= 15 is 0 Å². The zero-order valence-electron chi connectivity index (χ0n) is 27.7. The number of H-pyrrole nitrogens is 1. The number of pyridine rings is 2. The number of carbonyl (C=O) groups is 2. The van der Waals surface area contributed by atoms with E-state index in [1.165, 1.54) is 13.3 Å². The van der Waals surface area contributed by atoms with Crippen LogP contribution < -0.4 is 10.2 Å². The fourth-order valence-electron chi connectivity index (χ4n) is 7.45. The van der Waals surface area contributed by atoms with Gasteiger partial charge in [0.05, 0.1) is 42.3 Å². The number of aromatic amines is 1. The highest BCUT2D eigenvalue weighted by atomic mass is 19.4. The van der Waals surface area contributed by atoms with Crippen molar-refractivity contribution >= 4 is 34.7 Å². The second-order valence-corrected chi connectivity index (χ2v) is 13.6. The SMILES string of the molecule is COCC1(CN(C)c2cc(-c3cnc(C4CC4)c(C(F)(F)F)c3)nc3nc(NC(=O)c4cn5c(n4)CC(C(=O)OC)CC5)[nH]c23)CCCC1. The molecule has 1 aliphatic heterocycles. The maximum absolute atomic E-state index is 14.2.